The van der Waals surface area contributed by atoms with Crippen LogP contribution in [0.3, 0.4) is 0 Å². The molecule has 77 heavy (non-hydrogen) atoms. The highest BCUT2D eigenvalue weighted by Crippen LogP contribution is 2.27. The molecule has 0 saturated carbocycles. The van der Waals surface area contributed by atoms with Crippen LogP contribution in [-0.4, -0.2) is 23.6 Å². The second-order valence-corrected chi connectivity index (χ2v) is 14.6. The van der Waals surface area contributed by atoms with E-state index in [0.29, 0.717) is 0 Å². The third-order valence-electron chi connectivity index (χ3n) is 10.5. The van der Waals surface area contributed by atoms with Gasteiger partial charge in [-0.05, 0) is 0 Å². The Balaban J connectivity index is 0.000000213. The van der Waals surface area contributed by atoms with Crippen molar-refractivity contribution in [1.82, 2.24) is 10.2 Å². The summed E-state index contributed by atoms with van der Waals surface area (Å²) in [6, 6.07) is 8.82. The van der Waals surface area contributed by atoms with Crippen molar-refractivity contribution < 1.29 is 132 Å². The number of aromatic nitrogens is 2. The van der Waals surface area contributed by atoms with E-state index in [9.17, 15) is 132 Å². The second-order valence-electron chi connectivity index (χ2n) is 14.6. The Morgan fingerprint density at radius 3 is 0.584 bits per heavy atom. The van der Waals surface area contributed by atoms with Gasteiger partial charge in [-0.15, -0.1) is 0 Å². The normalized spacial score (nSPS) is 11.2. The summed E-state index contributed by atoms with van der Waals surface area (Å²) >= 11 is 0. The number of hydrogen-bond donors (Lipinski definition) is 1. The topological polar surface area (TPSA) is 28.7 Å². The highest BCUT2D eigenvalue weighted by atomic mass is 19.2. The van der Waals surface area contributed by atoms with Crippen LogP contribution in [0.15, 0.2) is 24.4 Å². The molecule has 6 aromatic rings. The Bertz CT molecular complexity index is 2960. The minimum atomic E-state index is -3.96. The van der Waals surface area contributed by atoms with Gasteiger partial charge in [0, 0.05) is 39.0 Å². The van der Waals surface area contributed by atoms with E-state index in [-0.39, 0.29) is 0 Å². The first-order valence-corrected chi connectivity index (χ1v) is 19.2. The summed E-state index contributed by atoms with van der Waals surface area (Å²) in [5.41, 5.74) is -13.9. The number of nitrogens with zero attached hydrogens (tertiary/aromatic N) is 1. The summed E-state index contributed by atoms with van der Waals surface area (Å²) < 4.78 is 417. The van der Waals surface area contributed by atoms with E-state index in [1.807, 2.05) is 18.2 Å². The Kier molecular flexibility index (Phi) is 16.3. The summed E-state index contributed by atoms with van der Waals surface area (Å²) in [6.45, 7) is -7.92. The maximum absolute atomic E-state index is 14.4. The molecule has 1 aliphatic heterocycles. The Morgan fingerprint density at radius 2 is 0.416 bits per heavy atom. The molecule has 0 unspecified atom stereocenters. The lowest BCUT2D eigenvalue weighted by Gasteiger charge is -2.21. The fourth-order valence-corrected chi connectivity index (χ4v) is 6.95. The third kappa shape index (κ3) is 9.47. The van der Waals surface area contributed by atoms with Gasteiger partial charge in [0.15, 0.2) is 175 Å². The molecular formula is C43H5B2F30N2-. The highest BCUT2D eigenvalue weighted by molar-refractivity contribution is 6.96. The zero-order valence-electron chi connectivity index (χ0n) is 35.3. The Labute approximate surface area is 404 Å². The van der Waals surface area contributed by atoms with E-state index in [1.165, 1.54) is 0 Å². The van der Waals surface area contributed by atoms with Crippen LogP contribution in [0.1, 0.15) is 0 Å². The summed E-state index contributed by atoms with van der Waals surface area (Å²) in [5, 5.41) is 6.65. The van der Waals surface area contributed by atoms with Crippen molar-refractivity contribution >= 4 is 46.2 Å². The molecule has 6 aromatic carbocycles. The number of H-pyrrole nitrogens is 1. The summed E-state index contributed by atoms with van der Waals surface area (Å²) in [4.78, 5) is 0. The van der Waals surface area contributed by atoms with E-state index in [1.54, 1.807) is 6.20 Å². The van der Waals surface area contributed by atoms with Crippen molar-refractivity contribution in [3.63, 3.8) is 0 Å². The van der Waals surface area contributed by atoms with Gasteiger partial charge in [-0.1, -0.05) is 11.8 Å². The van der Waals surface area contributed by atoms with Gasteiger partial charge in [0.2, 0.25) is 0 Å². The number of benzene rings is 6. The van der Waals surface area contributed by atoms with Gasteiger partial charge >= 0.3 is 0 Å². The largest absolute Gasteiger partial charge is 0.304 e. The average Bonchev–Trinajstić information content (AvgIpc) is 3.90. The van der Waals surface area contributed by atoms with Crippen molar-refractivity contribution in [3.8, 4) is 11.3 Å². The van der Waals surface area contributed by atoms with E-state index in [4.69, 9.17) is 0 Å². The third-order valence-corrected chi connectivity index (χ3v) is 10.5. The van der Waals surface area contributed by atoms with E-state index in [0.717, 1.165) is 11.3 Å². The van der Waals surface area contributed by atoms with Crippen LogP contribution in [0.2, 0.25) is 0 Å². The van der Waals surface area contributed by atoms with Crippen LogP contribution < -0.4 is 32.8 Å². The van der Waals surface area contributed by atoms with Crippen LogP contribution in [0, 0.1) is 181 Å². The van der Waals surface area contributed by atoms with Crippen molar-refractivity contribution in [1.29, 1.82) is 0 Å². The van der Waals surface area contributed by atoms with Gasteiger partial charge in [-0.25, -0.2) is 138 Å². The van der Waals surface area contributed by atoms with Gasteiger partial charge in [0.1, 0.15) is 0 Å². The molecule has 1 heterocycles. The number of hydrogen-bond acceptors (Lipinski definition) is 1. The van der Waals surface area contributed by atoms with Gasteiger partial charge in [0.25, 0.3) is 13.4 Å². The molecule has 0 amide bonds. The maximum Gasteiger partial charge on any atom is 0.265 e. The van der Waals surface area contributed by atoms with Crippen molar-refractivity contribution in [2.45, 2.75) is 0 Å². The molecule has 0 aromatic heterocycles. The average molecular weight is 1140 g/mol. The van der Waals surface area contributed by atoms with Crippen molar-refractivity contribution in [2.75, 3.05) is 0 Å². The molecule has 0 atom stereocenters. The van der Waals surface area contributed by atoms with Gasteiger partial charge in [-0.3, -0.25) is 0 Å². The molecule has 2 aliphatic rings. The Hall–Kier alpha value is -7.96. The van der Waals surface area contributed by atoms with Crippen molar-refractivity contribution in [2.24, 2.45) is 0 Å². The van der Waals surface area contributed by atoms with Gasteiger partial charge < -0.3 is 5.10 Å². The summed E-state index contributed by atoms with van der Waals surface area (Å²) in [7, 11) is 0. The van der Waals surface area contributed by atoms with Crippen LogP contribution in [0.5, 0.6) is 0 Å². The minimum absolute atomic E-state index is 0.970. The standard InChI is InChI=1S/2C18BF15.C7H5N2/c2*20-4-1(5(21)11(27)16(32)10(4)26)19(2-6(22)12(28)17(33)13(29)7(2)23)3-8(24)14(30)18(34)15(31)9(3)25;1-2-6-4-5-8-9-7(6)3-1/h;;1-2,4-5,9H/q;;-1. The smallest absolute Gasteiger partial charge is 0.265 e. The van der Waals surface area contributed by atoms with Crippen LogP contribution in [0.25, 0.3) is 11.3 Å². The molecule has 0 radical (unpaired) electrons. The SMILES string of the molecule is Fc1c(F)c(F)c(B(c2c(F)c(F)c(F)c(F)c2F)c2c(F)c(F)c(F)c(F)c2F)c(F)c1F.Fc1c(F)c(F)c(B(c2c(F)c(F)c(F)c(F)c2F)c2c(F)c(F)c(F)c(F)c2F)c(F)c1F.[c-]1ccc2ccn[nH]c1-2. The fourth-order valence-electron chi connectivity index (χ4n) is 6.95. The predicted molar refractivity (Wildman–Crippen MR) is 201 cm³/mol. The molecular weight excluding hydrogens is 1140 g/mol. The summed E-state index contributed by atoms with van der Waals surface area (Å²) in [5.74, 6) is -90.4. The highest BCUT2D eigenvalue weighted by Gasteiger charge is 2.47. The molecule has 1 N–H and O–H groups in total. The number of aromatic amines is 1. The number of halogens is 30. The lowest BCUT2D eigenvalue weighted by Crippen LogP contribution is -2.60. The lowest BCUT2D eigenvalue weighted by molar-refractivity contribution is 0.380. The molecule has 1 aliphatic carbocycles. The molecule has 8 rings (SSSR count). The molecule has 34 heteroatoms. The predicted octanol–water partition coefficient (Wildman–Crippen LogP) is 9.89. The van der Waals surface area contributed by atoms with Crippen LogP contribution in [-0.2, 0) is 0 Å². The lowest BCUT2D eigenvalue weighted by atomic mass is 9.36. The van der Waals surface area contributed by atoms with Crippen LogP contribution >= 0.6 is 0 Å². The number of fused-ring (bicyclic) bond motifs is 1. The second kappa shape index (κ2) is 21.6. The zero-order valence-corrected chi connectivity index (χ0v) is 35.3. The number of rotatable bonds is 6. The molecule has 0 saturated heterocycles. The molecule has 0 bridgehead atoms. The molecule has 404 valence electrons. The first-order valence-electron chi connectivity index (χ1n) is 19.2. The quantitative estimate of drug-likeness (QED) is 0.0581. The van der Waals surface area contributed by atoms with E-state index >= 15 is 0 Å². The monoisotopic (exact) mass is 1140 g/mol. The van der Waals surface area contributed by atoms with E-state index < -0.39 is 221 Å². The first-order chi connectivity index (χ1) is 35.8. The van der Waals surface area contributed by atoms with Crippen molar-refractivity contribution in [3.05, 3.63) is 205 Å². The van der Waals surface area contributed by atoms with Gasteiger partial charge in [-0.2, -0.15) is 22.8 Å². The molecule has 2 nitrogen and oxygen atoms in total. The molecule has 0 fully saturated rings. The molecule has 0 spiro atoms. The number of nitrogens with one attached hydrogen (secondary N) is 1. The zero-order chi connectivity index (χ0) is 58.0. The van der Waals surface area contributed by atoms with Crippen LogP contribution in [0.4, 0.5) is 132 Å². The summed E-state index contributed by atoms with van der Waals surface area (Å²) in [6.07, 6.45) is 1.73. The van der Waals surface area contributed by atoms with E-state index in [2.05, 4.69) is 16.3 Å². The minimum Gasteiger partial charge on any atom is -0.304 e. The Morgan fingerprint density at radius 1 is 0.247 bits per heavy atom. The first kappa shape index (κ1) is 58.3. The fraction of sp³-hybridized carbons (Fsp3) is 0. The van der Waals surface area contributed by atoms with Gasteiger partial charge in [0.05, 0.1) is 0 Å². The maximum atomic E-state index is 14.4.